The summed E-state index contributed by atoms with van der Waals surface area (Å²) in [6, 6.07) is 18.3. The lowest BCUT2D eigenvalue weighted by atomic mass is 9.97. The van der Waals surface area contributed by atoms with Crippen molar-refractivity contribution in [3.8, 4) is 0 Å². The molecule has 0 bridgehead atoms. The molecule has 0 spiro atoms. The molecule has 5 N–H and O–H groups in total. The van der Waals surface area contributed by atoms with Crippen LogP contribution in [0.25, 0.3) is 0 Å². The Morgan fingerprint density at radius 3 is 1.49 bits per heavy atom. The Hall–Kier alpha value is -5.17. The fraction of sp³-hybridized carbons (Fsp3) is 0.531. The van der Waals surface area contributed by atoms with Gasteiger partial charge >= 0.3 is 0 Å². The van der Waals surface area contributed by atoms with Crippen molar-refractivity contribution in [1.29, 1.82) is 0 Å². The Kier molecular flexibility index (Phi) is 15.6. The third kappa shape index (κ3) is 10.6. The predicted molar refractivity (Wildman–Crippen MR) is 253 cm³/mol. The zero-order valence-corrected chi connectivity index (χ0v) is 40.5. The molecule has 10 atom stereocenters. The molecule has 18 heteroatoms. The van der Waals surface area contributed by atoms with Gasteiger partial charge in [-0.05, 0) is 128 Å². The second-order valence-electron chi connectivity index (χ2n) is 18.7. The fourth-order valence-corrected chi connectivity index (χ4v) is 14.1. The summed E-state index contributed by atoms with van der Waals surface area (Å²) in [5, 5.41) is 12.2. The van der Waals surface area contributed by atoms with E-state index in [2.05, 4.69) is 26.6 Å². The summed E-state index contributed by atoms with van der Waals surface area (Å²) in [7, 11) is -5.43. The molecular formula is C49H65N7O9S2. The van der Waals surface area contributed by atoms with Crippen LogP contribution in [0, 0.1) is 0 Å². The molecule has 4 saturated heterocycles. The number of rotatable bonds is 14. The minimum Gasteiger partial charge on any atom is -0.343 e. The van der Waals surface area contributed by atoms with Crippen molar-refractivity contribution >= 4 is 49.2 Å². The van der Waals surface area contributed by atoms with E-state index in [1.54, 1.807) is 32.8 Å². The van der Waals surface area contributed by atoms with Gasteiger partial charge in [0, 0.05) is 18.1 Å². The second kappa shape index (κ2) is 21.0. The average molecular weight is 960 g/mol. The van der Waals surface area contributed by atoms with Gasteiger partial charge in [0.1, 0.15) is 18.1 Å². The predicted octanol–water partition coefficient (Wildman–Crippen LogP) is 3.17. The van der Waals surface area contributed by atoms with E-state index in [0.717, 1.165) is 23.6 Å². The lowest BCUT2D eigenvalue weighted by molar-refractivity contribution is -0.144. The van der Waals surface area contributed by atoms with E-state index in [9.17, 15) is 40.8 Å². The van der Waals surface area contributed by atoms with E-state index in [-0.39, 0.29) is 65.8 Å². The molecule has 67 heavy (non-hydrogen) atoms. The van der Waals surface area contributed by atoms with E-state index in [4.69, 9.17) is 0 Å². The van der Waals surface area contributed by atoms with Gasteiger partial charge in [-0.15, -0.1) is 0 Å². The van der Waals surface area contributed by atoms with Gasteiger partial charge in [0.25, 0.3) is 0 Å². The topological polar surface area (TPSA) is 220 Å². The Balaban J connectivity index is 1.15. The first-order valence-electron chi connectivity index (χ1n) is 23.5. The van der Waals surface area contributed by atoms with Crippen molar-refractivity contribution in [2.75, 3.05) is 14.1 Å². The van der Waals surface area contributed by atoms with Gasteiger partial charge in [-0.25, -0.2) is 16.8 Å². The molecule has 2 unspecified atom stereocenters. The van der Waals surface area contributed by atoms with Gasteiger partial charge in [0.2, 0.25) is 29.5 Å². The largest absolute Gasteiger partial charge is 0.343 e. The lowest BCUT2D eigenvalue weighted by Crippen LogP contribution is -2.59. The van der Waals surface area contributed by atoms with Crippen LogP contribution in [-0.2, 0) is 43.6 Å². The molecule has 0 aliphatic carbocycles. The minimum atomic E-state index is -4.35. The normalized spacial score (nSPS) is 26.8. The first kappa shape index (κ1) is 49.7. The SMILES string of the molecule is CN[C@@H](C)C(=O)N[C@H]1CC(S(=O)(=O)c2cccc(S(=O)(=O)C3CC[C@H]4CC[C@@H](C(=O)NC(c5ccccc5)c5ccccc5)N4C(=O)[C@@H](NC(=O)[C@H](C)NC)C3)c2)CC[C@H]2CC[C@@H](C)N2C1=O. The van der Waals surface area contributed by atoms with Crippen LogP contribution in [0.15, 0.2) is 94.7 Å². The molecule has 4 aliphatic rings. The Morgan fingerprint density at radius 1 is 0.582 bits per heavy atom. The monoisotopic (exact) mass is 959 g/mol. The van der Waals surface area contributed by atoms with E-state index in [1.165, 1.54) is 23.1 Å². The highest BCUT2D eigenvalue weighted by Crippen LogP contribution is 2.38. The first-order chi connectivity index (χ1) is 32.0. The number of nitrogens with zero attached hydrogens (tertiary/aromatic N) is 2. The molecule has 362 valence electrons. The number of nitrogens with one attached hydrogen (secondary N) is 5. The highest BCUT2D eigenvalue weighted by molar-refractivity contribution is 7.93. The van der Waals surface area contributed by atoms with Crippen LogP contribution < -0.4 is 26.6 Å². The van der Waals surface area contributed by atoms with Crippen LogP contribution in [0.4, 0.5) is 0 Å². The number of fused-ring (bicyclic) bond motifs is 2. The van der Waals surface area contributed by atoms with E-state index in [1.807, 2.05) is 67.6 Å². The number of sulfone groups is 2. The molecule has 0 saturated carbocycles. The number of benzene rings is 3. The molecule has 3 aromatic rings. The molecule has 7 rings (SSSR count). The van der Waals surface area contributed by atoms with Crippen LogP contribution in [0.3, 0.4) is 0 Å². The van der Waals surface area contributed by atoms with Crippen LogP contribution in [0.5, 0.6) is 0 Å². The van der Waals surface area contributed by atoms with Crippen molar-refractivity contribution in [3.05, 3.63) is 96.1 Å². The first-order valence-corrected chi connectivity index (χ1v) is 26.6. The molecule has 3 aromatic carbocycles. The lowest BCUT2D eigenvalue weighted by Gasteiger charge is -2.38. The number of likely N-dealkylation sites (N-methyl/N-ethyl adjacent to an activating group) is 2. The maximum Gasteiger partial charge on any atom is 0.246 e. The summed E-state index contributed by atoms with van der Waals surface area (Å²) < 4.78 is 59.0. The Morgan fingerprint density at radius 2 is 1.01 bits per heavy atom. The summed E-state index contributed by atoms with van der Waals surface area (Å²) in [4.78, 5) is 72.6. The zero-order chi connectivity index (χ0) is 48.2. The van der Waals surface area contributed by atoms with Crippen molar-refractivity contribution in [3.63, 3.8) is 0 Å². The zero-order valence-electron chi connectivity index (χ0n) is 38.9. The summed E-state index contributed by atoms with van der Waals surface area (Å²) in [6.45, 7) is 5.21. The molecule has 0 radical (unpaired) electrons. The van der Waals surface area contributed by atoms with Crippen molar-refractivity contribution in [2.24, 2.45) is 0 Å². The molecular weight excluding hydrogens is 895 g/mol. The summed E-state index contributed by atoms with van der Waals surface area (Å²) in [5.41, 5.74) is 1.71. The molecule has 0 aromatic heterocycles. The van der Waals surface area contributed by atoms with Crippen LogP contribution >= 0.6 is 0 Å². The molecule has 16 nitrogen and oxygen atoms in total. The smallest absolute Gasteiger partial charge is 0.246 e. The standard InChI is InChI=1S/C49H65N7O9S2/c1-30-19-20-35-21-24-39(28-41(48(60)55(30)35)52-45(57)31(2)50-4)66(62,63)37-17-12-18-38(27-37)67(64,65)40-25-22-36-23-26-43(56(36)49(61)42(29-40)53-46(58)32(3)51-5)47(59)54-44(33-13-8-6-9-14-33)34-15-10-7-11-16-34/h6-18,27,30-32,35-36,39-44,50-51H,19-26,28-29H2,1-5H3,(H,52,57)(H,53,58)(H,54,59)/t30-,31+,32+,35-,36+,39?,40?,41+,42+,43+/m1/s1. The number of hydrogen-bond acceptors (Lipinski definition) is 11. The van der Waals surface area contributed by atoms with Gasteiger partial charge in [-0.2, -0.15) is 0 Å². The number of hydrogen-bond donors (Lipinski definition) is 5. The average Bonchev–Trinajstić information content (AvgIpc) is 3.93. The van der Waals surface area contributed by atoms with Crippen molar-refractivity contribution in [2.45, 2.75) is 160 Å². The highest BCUT2D eigenvalue weighted by atomic mass is 32.2. The highest BCUT2D eigenvalue weighted by Gasteiger charge is 2.48. The quantitative estimate of drug-likeness (QED) is 0.158. The Labute approximate surface area is 394 Å². The fourth-order valence-electron chi connectivity index (χ4n) is 10.4. The van der Waals surface area contributed by atoms with Gasteiger partial charge in [-0.3, -0.25) is 24.0 Å². The van der Waals surface area contributed by atoms with Crippen LogP contribution in [0.2, 0.25) is 0 Å². The number of carbonyl (C=O) groups is 5. The van der Waals surface area contributed by atoms with Gasteiger partial charge in [0.15, 0.2) is 19.7 Å². The number of carbonyl (C=O) groups excluding carboxylic acids is 5. The number of amides is 5. The maximum absolute atomic E-state index is 14.8. The van der Waals surface area contributed by atoms with Crippen LogP contribution in [0.1, 0.15) is 102 Å². The van der Waals surface area contributed by atoms with Crippen molar-refractivity contribution in [1.82, 2.24) is 36.4 Å². The van der Waals surface area contributed by atoms with Crippen molar-refractivity contribution < 1.29 is 40.8 Å². The van der Waals surface area contributed by atoms with E-state index in [0.29, 0.717) is 25.7 Å². The minimum absolute atomic E-state index is 0.0628. The summed E-state index contributed by atoms with van der Waals surface area (Å²) in [6.07, 6.45) is 2.65. The summed E-state index contributed by atoms with van der Waals surface area (Å²) >= 11 is 0. The molecule has 4 heterocycles. The Bertz CT molecular complexity index is 2470. The third-order valence-corrected chi connectivity index (χ3v) is 18.9. The molecule has 4 aliphatic heterocycles. The summed E-state index contributed by atoms with van der Waals surface area (Å²) in [5.74, 6) is -2.23. The van der Waals surface area contributed by atoms with E-state index >= 15 is 0 Å². The van der Waals surface area contributed by atoms with Gasteiger partial charge in [0.05, 0.1) is 38.4 Å². The third-order valence-electron chi connectivity index (χ3n) is 14.5. The van der Waals surface area contributed by atoms with Gasteiger partial charge in [-0.1, -0.05) is 66.7 Å². The van der Waals surface area contributed by atoms with Crippen LogP contribution in [-0.4, -0.2) is 129 Å². The maximum atomic E-state index is 14.8. The molecule has 4 fully saturated rings. The van der Waals surface area contributed by atoms with E-state index < -0.39 is 90.2 Å². The van der Waals surface area contributed by atoms with Gasteiger partial charge < -0.3 is 36.4 Å². The second-order valence-corrected chi connectivity index (χ2v) is 23.1. The molecule has 5 amide bonds.